The first-order valence-corrected chi connectivity index (χ1v) is 8.18. The highest BCUT2D eigenvalue weighted by atomic mass is 35.5. The van der Waals surface area contributed by atoms with Crippen LogP contribution < -0.4 is 5.32 Å². The van der Waals surface area contributed by atoms with Gasteiger partial charge in [-0.1, -0.05) is 41.9 Å². The maximum Gasteiger partial charge on any atom is 0.307 e. The molecule has 3 rings (SSSR count). The molecule has 0 aliphatic heterocycles. The third kappa shape index (κ3) is 4.36. The number of nitro groups is 1. The lowest BCUT2D eigenvalue weighted by molar-refractivity contribution is -0.385. The molecule has 0 saturated heterocycles. The predicted molar refractivity (Wildman–Crippen MR) is 98.8 cm³/mol. The van der Waals surface area contributed by atoms with Crippen molar-refractivity contribution < 1.29 is 14.5 Å². The highest BCUT2D eigenvalue weighted by molar-refractivity contribution is 6.31. The van der Waals surface area contributed by atoms with Crippen molar-refractivity contribution in [2.75, 3.05) is 5.32 Å². The van der Waals surface area contributed by atoms with E-state index < -0.39 is 10.8 Å². The summed E-state index contributed by atoms with van der Waals surface area (Å²) in [6.45, 7) is -0.241. The molecule has 27 heavy (non-hydrogen) atoms. The van der Waals surface area contributed by atoms with Crippen LogP contribution in [0.15, 0.2) is 60.9 Å². The van der Waals surface area contributed by atoms with Gasteiger partial charge in [0.05, 0.1) is 10.6 Å². The highest BCUT2D eigenvalue weighted by Gasteiger charge is 2.17. The SMILES string of the molecule is O=C(Cn1cc([N+](=O)[O-])cn1)Nc1ccc(Cl)cc1C(=O)c1ccccc1. The van der Waals surface area contributed by atoms with Crippen LogP contribution in [0.5, 0.6) is 0 Å². The molecule has 0 saturated carbocycles. The van der Waals surface area contributed by atoms with E-state index >= 15 is 0 Å². The van der Waals surface area contributed by atoms with Gasteiger partial charge in [0.25, 0.3) is 0 Å². The van der Waals surface area contributed by atoms with Crippen molar-refractivity contribution in [1.82, 2.24) is 9.78 Å². The number of amides is 1. The second-order valence-corrected chi connectivity index (χ2v) is 6.02. The van der Waals surface area contributed by atoms with Crippen molar-refractivity contribution >= 4 is 34.7 Å². The molecule has 0 bridgehead atoms. The van der Waals surface area contributed by atoms with Crippen LogP contribution in [0.1, 0.15) is 15.9 Å². The minimum Gasteiger partial charge on any atom is -0.324 e. The predicted octanol–water partition coefficient (Wildman–Crippen LogP) is 3.31. The van der Waals surface area contributed by atoms with E-state index in [9.17, 15) is 19.7 Å². The Hall–Kier alpha value is -3.52. The van der Waals surface area contributed by atoms with Crippen molar-refractivity contribution in [3.63, 3.8) is 0 Å². The Morgan fingerprint density at radius 2 is 1.93 bits per heavy atom. The summed E-state index contributed by atoms with van der Waals surface area (Å²) in [4.78, 5) is 35.1. The van der Waals surface area contributed by atoms with Gasteiger partial charge in [-0.2, -0.15) is 5.10 Å². The van der Waals surface area contributed by atoms with Crippen molar-refractivity contribution in [1.29, 1.82) is 0 Å². The van der Waals surface area contributed by atoms with Crippen LogP contribution in [0.25, 0.3) is 0 Å². The fourth-order valence-electron chi connectivity index (χ4n) is 2.43. The smallest absolute Gasteiger partial charge is 0.307 e. The second kappa shape index (κ2) is 7.79. The Labute approximate surface area is 158 Å². The number of carbonyl (C=O) groups excluding carboxylic acids is 2. The van der Waals surface area contributed by atoms with Crippen LogP contribution in [0.3, 0.4) is 0 Å². The van der Waals surface area contributed by atoms with Gasteiger partial charge in [0.15, 0.2) is 5.78 Å². The number of nitrogens with one attached hydrogen (secondary N) is 1. The molecule has 0 aliphatic carbocycles. The zero-order valence-corrected chi connectivity index (χ0v) is 14.6. The number of anilines is 1. The van der Waals surface area contributed by atoms with E-state index in [4.69, 9.17) is 11.6 Å². The molecule has 9 heteroatoms. The number of carbonyl (C=O) groups is 2. The lowest BCUT2D eigenvalue weighted by Gasteiger charge is -2.11. The van der Waals surface area contributed by atoms with Crippen LogP contribution in [0, 0.1) is 10.1 Å². The lowest BCUT2D eigenvalue weighted by Crippen LogP contribution is -2.20. The molecule has 8 nitrogen and oxygen atoms in total. The maximum atomic E-state index is 12.7. The molecule has 0 atom stereocenters. The van der Waals surface area contributed by atoms with E-state index in [2.05, 4.69) is 10.4 Å². The Morgan fingerprint density at radius 3 is 2.59 bits per heavy atom. The topological polar surface area (TPSA) is 107 Å². The summed E-state index contributed by atoms with van der Waals surface area (Å²) < 4.78 is 1.14. The highest BCUT2D eigenvalue weighted by Crippen LogP contribution is 2.24. The molecule has 3 aromatic rings. The summed E-state index contributed by atoms with van der Waals surface area (Å²) in [7, 11) is 0. The Morgan fingerprint density at radius 1 is 1.19 bits per heavy atom. The summed E-state index contributed by atoms with van der Waals surface area (Å²) in [6, 6.07) is 13.2. The number of hydrogen-bond acceptors (Lipinski definition) is 5. The van der Waals surface area contributed by atoms with Gasteiger partial charge in [-0.25, -0.2) is 0 Å². The van der Waals surface area contributed by atoms with Crippen LogP contribution in [0.4, 0.5) is 11.4 Å². The zero-order valence-electron chi connectivity index (χ0n) is 13.8. The van der Waals surface area contributed by atoms with Crippen LogP contribution >= 0.6 is 11.6 Å². The summed E-state index contributed by atoms with van der Waals surface area (Å²) in [6.07, 6.45) is 2.21. The van der Waals surface area contributed by atoms with Gasteiger partial charge in [0, 0.05) is 16.1 Å². The summed E-state index contributed by atoms with van der Waals surface area (Å²) >= 11 is 6.00. The monoisotopic (exact) mass is 384 g/mol. The standard InChI is InChI=1S/C18H13ClN4O4/c19-13-6-7-16(15(8-13)18(25)12-4-2-1-3-5-12)21-17(24)11-22-10-14(9-20-22)23(26)27/h1-10H,11H2,(H,21,24). The molecule has 0 unspecified atom stereocenters. The normalized spacial score (nSPS) is 10.4. The average Bonchev–Trinajstić information content (AvgIpc) is 3.12. The number of benzene rings is 2. The van der Waals surface area contributed by atoms with Crippen molar-refractivity contribution in [3.8, 4) is 0 Å². The van der Waals surface area contributed by atoms with E-state index in [-0.39, 0.29) is 23.6 Å². The molecular formula is C18H13ClN4O4. The molecular weight excluding hydrogens is 372 g/mol. The fraction of sp³-hybridized carbons (Fsp3) is 0.0556. The number of ketones is 1. The van der Waals surface area contributed by atoms with E-state index in [1.807, 2.05) is 0 Å². The van der Waals surface area contributed by atoms with E-state index in [0.717, 1.165) is 17.1 Å². The average molecular weight is 385 g/mol. The number of rotatable bonds is 6. The molecule has 0 radical (unpaired) electrons. The first kappa shape index (κ1) is 18.3. The Balaban J connectivity index is 1.81. The van der Waals surface area contributed by atoms with E-state index in [1.165, 1.54) is 12.1 Å². The van der Waals surface area contributed by atoms with Crippen LogP contribution in [-0.4, -0.2) is 26.4 Å². The third-order valence-corrected chi connectivity index (χ3v) is 3.91. The molecule has 1 heterocycles. The summed E-state index contributed by atoms with van der Waals surface area (Å²) in [5, 5.41) is 17.4. The van der Waals surface area contributed by atoms with Gasteiger partial charge in [-0.05, 0) is 18.2 Å². The Bertz CT molecular complexity index is 1020. The van der Waals surface area contributed by atoms with Gasteiger partial charge >= 0.3 is 5.69 Å². The molecule has 1 amide bonds. The largest absolute Gasteiger partial charge is 0.324 e. The molecule has 1 aromatic heterocycles. The third-order valence-electron chi connectivity index (χ3n) is 3.67. The number of hydrogen-bond donors (Lipinski definition) is 1. The minimum absolute atomic E-state index is 0.214. The van der Waals surface area contributed by atoms with E-state index in [0.29, 0.717) is 16.3 Å². The number of nitrogens with zero attached hydrogens (tertiary/aromatic N) is 3. The van der Waals surface area contributed by atoms with Gasteiger partial charge in [-0.3, -0.25) is 24.4 Å². The maximum absolute atomic E-state index is 12.7. The molecule has 0 aliphatic rings. The van der Waals surface area contributed by atoms with Gasteiger partial charge in [-0.15, -0.1) is 0 Å². The van der Waals surface area contributed by atoms with Crippen LogP contribution in [0.2, 0.25) is 5.02 Å². The summed E-state index contributed by atoms with van der Waals surface area (Å²) in [5.41, 5.74) is 0.778. The molecule has 1 N–H and O–H groups in total. The first-order chi connectivity index (χ1) is 12.9. The van der Waals surface area contributed by atoms with E-state index in [1.54, 1.807) is 36.4 Å². The first-order valence-electron chi connectivity index (χ1n) is 7.80. The van der Waals surface area contributed by atoms with Crippen LogP contribution in [-0.2, 0) is 11.3 Å². The van der Waals surface area contributed by atoms with Crippen molar-refractivity contribution in [2.45, 2.75) is 6.54 Å². The molecule has 136 valence electrons. The number of aromatic nitrogens is 2. The van der Waals surface area contributed by atoms with Gasteiger partial charge in [0.1, 0.15) is 18.9 Å². The zero-order chi connectivity index (χ0) is 19.4. The van der Waals surface area contributed by atoms with Gasteiger partial charge in [0.2, 0.25) is 5.91 Å². The van der Waals surface area contributed by atoms with Crippen molar-refractivity contribution in [3.05, 3.63) is 87.2 Å². The quantitative estimate of drug-likeness (QED) is 0.398. The summed E-state index contributed by atoms with van der Waals surface area (Å²) in [5.74, 6) is -0.777. The van der Waals surface area contributed by atoms with Crippen molar-refractivity contribution in [2.24, 2.45) is 0 Å². The molecule has 2 aromatic carbocycles. The lowest BCUT2D eigenvalue weighted by atomic mass is 10.0. The molecule has 0 spiro atoms. The fourth-order valence-corrected chi connectivity index (χ4v) is 2.60. The Kier molecular flexibility index (Phi) is 5.28. The van der Waals surface area contributed by atoms with Gasteiger partial charge < -0.3 is 5.32 Å². The number of halogens is 1. The second-order valence-electron chi connectivity index (χ2n) is 5.59. The molecule has 0 fully saturated rings. The minimum atomic E-state index is -0.600.